The molecule has 1 aromatic heterocycles. The molecule has 0 amide bonds. The molecule has 0 radical (unpaired) electrons. The third-order valence-corrected chi connectivity index (χ3v) is 5.63. The Labute approximate surface area is 155 Å². The molecular formula is C21H27N3O2. The molecule has 3 heterocycles. The lowest BCUT2D eigenvalue weighted by atomic mass is 9.83. The van der Waals surface area contributed by atoms with E-state index in [0.29, 0.717) is 12.6 Å². The Bertz CT molecular complexity index is 742. The molecule has 0 saturated carbocycles. The average molecular weight is 353 g/mol. The number of nitrogens with zero attached hydrogens (tertiary/aromatic N) is 3. The number of benzene rings is 1. The summed E-state index contributed by atoms with van der Waals surface area (Å²) in [6, 6.07) is 10.4. The van der Waals surface area contributed by atoms with Crippen molar-refractivity contribution in [3.8, 4) is 5.75 Å². The molecule has 0 N–H and O–H groups in total. The molecule has 0 bridgehead atoms. The first-order valence-electron chi connectivity index (χ1n) is 9.55. The molecule has 5 heteroatoms. The van der Waals surface area contributed by atoms with Gasteiger partial charge in [-0.1, -0.05) is 18.2 Å². The fourth-order valence-electron chi connectivity index (χ4n) is 4.04. The second-order valence-electron chi connectivity index (χ2n) is 7.39. The van der Waals surface area contributed by atoms with E-state index >= 15 is 0 Å². The Morgan fingerprint density at radius 3 is 2.77 bits per heavy atom. The molecule has 5 nitrogen and oxygen atoms in total. The maximum absolute atomic E-state index is 6.30. The summed E-state index contributed by atoms with van der Waals surface area (Å²) in [6.45, 7) is 7.68. The number of ether oxygens (including phenoxy) is 2. The SMILES string of the molecule is Cc1ncc2c(n1)C1(CCN(C(C)COc3ccccc3)CC1)OCC2. The van der Waals surface area contributed by atoms with Crippen LogP contribution in [0.4, 0.5) is 0 Å². The van der Waals surface area contributed by atoms with Gasteiger partial charge in [0.05, 0.1) is 12.3 Å². The first-order valence-corrected chi connectivity index (χ1v) is 9.55. The van der Waals surface area contributed by atoms with Gasteiger partial charge in [-0.05, 0) is 50.8 Å². The summed E-state index contributed by atoms with van der Waals surface area (Å²) in [5.41, 5.74) is 2.16. The standard InChI is InChI=1S/C21H27N3O2/c1-16(15-25-19-6-4-3-5-7-19)24-11-9-21(10-12-24)20-18(8-13-26-21)14-22-17(2)23-20/h3-7,14,16H,8-13,15H2,1-2H3. The highest BCUT2D eigenvalue weighted by molar-refractivity contribution is 5.27. The van der Waals surface area contributed by atoms with Gasteiger partial charge in [-0.25, -0.2) is 9.97 Å². The van der Waals surface area contributed by atoms with Crippen molar-refractivity contribution in [1.29, 1.82) is 0 Å². The van der Waals surface area contributed by atoms with Gasteiger partial charge in [0.15, 0.2) is 0 Å². The summed E-state index contributed by atoms with van der Waals surface area (Å²) in [4.78, 5) is 11.6. The summed E-state index contributed by atoms with van der Waals surface area (Å²) in [5, 5.41) is 0. The number of likely N-dealkylation sites (tertiary alicyclic amines) is 1. The summed E-state index contributed by atoms with van der Waals surface area (Å²) in [7, 11) is 0. The van der Waals surface area contributed by atoms with Gasteiger partial charge in [0.25, 0.3) is 0 Å². The lowest BCUT2D eigenvalue weighted by Gasteiger charge is -2.45. The summed E-state index contributed by atoms with van der Waals surface area (Å²) < 4.78 is 12.2. The maximum atomic E-state index is 6.30. The van der Waals surface area contributed by atoms with E-state index in [1.54, 1.807) is 0 Å². The zero-order valence-corrected chi connectivity index (χ0v) is 15.6. The average Bonchev–Trinajstić information content (AvgIpc) is 2.68. The minimum atomic E-state index is -0.224. The molecule has 26 heavy (non-hydrogen) atoms. The molecule has 1 spiro atoms. The minimum absolute atomic E-state index is 0.224. The van der Waals surface area contributed by atoms with Crippen LogP contribution >= 0.6 is 0 Å². The highest BCUT2D eigenvalue weighted by Gasteiger charge is 2.43. The number of para-hydroxylation sites is 1. The van der Waals surface area contributed by atoms with E-state index in [1.165, 1.54) is 5.56 Å². The molecule has 2 aliphatic rings. The smallest absolute Gasteiger partial charge is 0.125 e. The van der Waals surface area contributed by atoms with Crippen LogP contribution in [0.1, 0.15) is 36.8 Å². The Morgan fingerprint density at radius 2 is 2.00 bits per heavy atom. The van der Waals surface area contributed by atoms with Gasteiger partial charge in [0, 0.05) is 25.3 Å². The van der Waals surface area contributed by atoms with Gasteiger partial charge in [-0.15, -0.1) is 0 Å². The molecule has 2 aliphatic heterocycles. The number of rotatable bonds is 4. The Hall–Kier alpha value is -1.98. The van der Waals surface area contributed by atoms with E-state index in [9.17, 15) is 0 Å². The van der Waals surface area contributed by atoms with Crippen LogP contribution in [0.5, 0.6) is 5.75 Å². The lowest BCUT2D eigenvalue weighted by Crippen LogP contribution is -2.50. The van der Waals surface area contributed by atoms with Crippen LogP contribution in [0.25, 0.3) is 0 Å². The Kier molecular flexibility index (Phi) is 4.92. The number of aryl methyl sites for hydroxylation is 1. The van der Waals surface area contributed by atoms with Crippen molar-refractivity contribution in [3.05, 3.63) is 53.6 Å². The number of fused-ring (bicyclic) bond motifs is 2. The Balaban J connectivity index is 1.39. The second kappa shape index (κ2) is 7.33. The number of hydrogen-bond acceptors (Lipinski definition) is 5. The van der Waals surface area contributed by atoms with Crippen molar-refractivity contribution < 1.29 is 9.47 Å². The topological polar surface area (TPSA) is 47.5 Å². The quantitative estimate of drug-likeness (QED) is 0.845. The van der Waals surface area contributed by atoms with E-state index in [-0.39, 0.29) is 5.60 Å². The van der Waals surface area contributed by atoms with Gasteiger partial charge in [-0.3, -0.25) is 4.90 Å². The van der Waals surface area contributed by atoms with Crippen LogP contribution in [0, 0.1) is 6.92 Å². The van der Waals surface area contributed by atoms with Crippen LogP contribution in [-0.2, 0) is 16.8 Å². The fourth-order valence-corrected chi connectivity index (χ4v) is 4.04. The van der Waals surface area contributed by atoms with Gasteiger partial charge in [-0.2, -0.15) is 0 Å². The molecule has 4 rings (SSSR count). The molecule has 2 aromatic rings. The first kappa shape index (κ1) is 17.4. The lowest BCUT2D eigenvalue weighted by molar-refractivity contribution is -0.106. The molecule has 1 saturated heterocycles. The molecular weight excluding hydrogens is 326 g/mol. The predicted octanol–water partition coefficient (Wildman–Crippen LogP) is 3.12. The molecule has 1 fully saturated rings. The number of piperidine rings is 1. The van der Waals surface area contributed by atoms with E-state index < -0.39 is 0 Å². The highest BCUT2D eigenvalue weighted by atomic mass is 16.5. The van der Waals surface area contributed by atoms with Gasteiger partial charge < -0.3 is 9.47 Å². The first-order chi connectivity index (χ1) is 12.7. The number of hydrogen-bond donors (Lipinski definition) is 0. The fraction of sp³-hybridized carbons (Fsp3) is 0.524. The van der Waals surface area contributed by atoms with Crippen LogP contribution in [0.15, 0.2) is 36.5 Å². The Morgan fingerprint density at radius 1 is 1.23 bits per heavy atom. The third-order valence-electron chi connectivity index (χ3n) is 5.63. The normalized spacial score (nSPS) is 20.5. The van der Waals surface area contributed by atoms with Gasteiger partial charge in [0.1, 0.15) is 23.8 Å². The number of aromatic nitrogens is 2. The molecule has 138 valence electrons. The third kappa shape index (κ3) is 3.46. The minimum Gasteiger partial charge on any atom is -0.492 e. The molecule has 1 atom stereocenters. The van der Waals surface area contributed by atoms with Crippen molar-refractivity contribution in [2.45, 2.75) is 44.8 Å². The van der Waals surface area contributed by atoms with Crippen molar-refractivity contribution >= 4 is 0 Å². The van der Waals surface area contributed by atoms with Gasteiger partial charge in [0.2, 0.25) is 0 Å². The van der Waals surface area contributed by atoms with E-state index in [0.717, 1.165) is 56.2 Å². The predicted molar refractivity (Wildman–Crippen MR) is 100 cm³/mol. The van der Waals surface area contributed by atoms with E-state index in [4.69, 9.17) is 14.5 Å². The van der Waals surface area contributed by atoms with E-state index in [1.807, 2.05) is 43.5 Å². The van der Waals surface area contributed by atoms with E-state index in [2.05, 4.69) is 16.8 Å². The zero-order valence-electron chi connectivity index (χ0n) is 15.6. The van der Waals surface area contributed by atoms with Crippen LogP contribution in [0.2, 0.25) is 0 Å². The van der Waals surface area contributed by atoms with Crippen molar-refractivity contribution in [2.75, 3.05) is 26.3 Å². The van der Waals surface area contributed by atoms with Crippen LogP contribution in [-0.4, -0.2) is 47.2 Å². The van der Waals surface area contributed by atoms with Crippen molar-refractivity contribution in [2.24, 2.45) is 0 Å². The van der Waals surface area contributed by atoms with Crippen molar-refractivity contribution in [3.63, 3.8) is 0 Å². The van der Waals surface area contributed by atoms with Crippen LogP contribution in [0.3, 0.4) is 0 Å². The zero-order chi connectivity index (χ0) is 18.0. The monoisotopic (exact) mass is 353 g/mol. The van der Waals surface area contributed by atoms with Crippen molar-refractivity contribution in [1.82, 2.24) is 14.9 Å². The summed E-state index contributed by atoms with van der Waals surface area (Å²) in [5.74, 6) is 1.77. The molecule has 0 aliphatic carbocycles. The largest absolute Gasteiger partial charge is 0.492 e. The highest BCUT2D eigenvalue weighted by Crippen LogP contribution is 2.40. The van der Waals surface area contributed by atoms with Crippen LogP contribution < -0.4 is 4.74 Å². The molecule has 1 unspecified atom stereocenters. The molecule has 1 aromatic carbocycles. The second-order valence-corrected chi connectivity index (χ2v) is 7.39. The summed E-state index contributed by atoms with van der Waals surface area (Å²) in [6.07, 6.45) is 4.87. The summed E-state index contributed by atoms with van der Waals surface area (Å²) >= 11 is 0. The maximum Gasteiger partial charge on any atom is 0.125 e. The van der Waals surface area contributed by atoms with Gasteiger partial charge >= 0.3 is 0 Å².